The summed E-state index contributed by atoms with van der Waals surface area (Å²) in [5, 5.41) is -0.514. The molecular formula is C11H15FN2O2S. The summed E-state index contributed by atoms with van der Waals surface area (Å²) in [5.41, 5.74) is -0.400. The Morgan fingerprint density at radius 3 is 2.71 bits per heavy atom. The number of nitrogens with zero attached hydrogens (tertiary/aromatic N) is 1. The van der Waals surface area contributed by atoms with E-state index in [1.54, 1.807) is 0 Å². The van der Waals surface area contributed by atoms with Gasteiger partial charge in [0.25, 0.3) is 10.0 Å². The Labute approximate surface area is 100 Å². The first-order valence-electron chi connectivity index (χ1n) is 5.64. The van der Waals surface area contributed by atoms with Crippen LogP contribution in [0.3, 0.4) is 0 Å². The van der Waals surface area contributed by atoms with Gasteiger partial charge in [0, 0.05) is 11.7 Å². The van der Waals surface area contributed by atoms with E-state index in [0.717, 1.165) is 25.3 Å². The minimum Gasteiger partial charge on any atom is -0.241 e. The number of hydrogen-bond donors (Lipinski definition) is 1. The van der Waals surface area contributed by atoms with Crippen LogP contribution < -0.4 is 4.72 Å². The van der Waals surface area contributed by atoms with E-state index in [2.05, 4.69) is 9.71 Å². The Morgan fingerprint density at radius 1 is 1.53 bits per heavy atom. The SMILES string of the molecule is CCC1(NS(=O)(=O)c2ncccc2F)CCC1. The highest BCUT2D eigenvalue weighted by Crippen LogP contribution is 2.36. The zero-order chi connectivity index (χ0) is 12.5. The van der Waals surface area contributed by atoms with Crippen molar-refractivity contribution in [1.82, 2.24) is 9.71 Å². The zero-order valence-electron chi connectivity index (χ0n) is 9.61. The lowest BCUT2D eigenvalue weighted by molar-refractivity contribution is 0.213. The Balaban J connectivity index is 2.29. The predicted molar refractivity (Wildman–Crippen MR) is 61.4 cm³/mol. The summed E-state index contributed by atoms with van der Waals surface area (Å²) in [5.74, 6) is -0.814. The van der Waals surface area contributed by atoms with Gasteiger partial charge in [0.1, 0.15) is 0 Å². The van der Waals surface area contributed by atoms with E-state index in [9.17, 15) is 12.8 Å². The molecule has 0 aromatic carbocycles. The molecule has 1 fully saturated rings. The molecule has 0 aliphatic heterocycles. The van der Waals surface area contributed by atoms with Crippen molar-refractivity contribution in [3.63, 3.8) is 0 Å². The van der Waals surface area contributed by atoms with Gasteiger partial charge < -0.3 is 0 Å². The molecule has 1 N–H and O–H groups in total. The molecule has 1 aromatic rings. The highest BCUT2D eigenvalue weighted by molar-refractivity contribution is 7.89. The van der Waals surface area contributed by atoms with Crippen LogP contribution in [0.5, 0.6) is 0 Å². The van der Waals surface area contributed by atoms with E-state index in [-0.39, 0.29) is 0 Å². The monoisotopic (exact) mass is 258 g/mol. The maximum Gasteiger partial charge on any atom is 0.261 e. The summed E-state index contributed by atoms with van der Waals surface area (Å²) in [6.45, 7) is 1.93. The van der Waals surface area contributed by atoms with Crippen LogP contribution in [0.25, 0.3) is 0 Å². The predicted octanol–water partition coefficient (Wildman–Crippen LogP) is 1.83. The summed E-state index contributed by atoms with van der Waals surface area (Å²) >= 11 is 0. The molecule has 0 saturated heterocycles. The van der Waals surface area contributed by atoms with E-state index in [0.29, 0.717) is 6.42 Å². The first kappa shape index (κ1) is 12.4. The largest absolute Gasteiger partial charge is 0.261 e. The van der Waals surface area contributed by atoms with Crippen LogP contribution in [0.2, 0.25) is 0 Å². The van der Waals surface area contributed by atoms with Crippen molar-refractivity contribution in [2.45, 2.75) is 43.2 Å². The summed E-state index contributed by atoms with van der Waals surface area (Å²) in [7, 11) is -3.86. The molecule has 0 unspecified atom stereocenters. The van der Waals surface area contributed by atoms with Crippen molar-refractivity contribution in [2.75, 3.05) is 0 Å². The fourth-order valence-electron chi connectivity index (χ4n) is 2.03. The average Bonchev–Trinajstić information content (AvgIpc) is 2.24. The second-order valence-electron chi connectivity index (χ2n) is 4.38. The highest BCUT2D eigenvalue weighted by atomic mass is 32.2. The van der Waals surface area contributed by atoms with Crippen molar-refractivity contribution in [3.8, 4) is 0 Å². The third-order valence-electron chi connectivity index (χ3n) is 3.32. The van der Waals surface area contributed by atoms with Gasteiger partial charge in [0.05, 0.1) is 0 Å². The number of rotatable bonds is 4. The van der Waals surface area contributed by atoms with Crippen LogP contribution in [0.15, 0.2) is 23.4 Å². The lowest BCUT2D eigenvalue weighted by Gasteiger charge is -2.41. The molecule has 1 aliphatic rings. The molecule has 0 spiro atoms. The van der Waals surface area contributed by atoms with Crippen LogP contribution in [0.1, 0.15) is 32.6 Å². The van der Waals surface area contributed by atoms with E-state index in [1.807, 2.05) is 6.92 Å². The summed E-state index contributed by atoms with van der Waals surface area (Å²) in [6.07, 6.45) is 4.59. The molecule has 6 heteroatoms. The summed E-state index contributed by atoms with van der Waals surface area (Å²) in [6, 6.07) is 2.47. The number of nitrogens with one attached hydrogen (secondary N) is 1. The second kappa shape index (κ2) is 4.34. The number of aromatic nitrogens is 1. The van der Waals surface area contributed by atoms with E-state index in [4.69, 9.17) is 0 Å². The van der Waals surface area contributed by atoms with Crippen LogP contribution >= 0.6 is 0 Å². The number of sulfonamides is 1. The average molecular weight is 258 g/mol. The van der Waals surface area contributed by atoms with Gasteiger partial charge in [-0.2, -0.15) is 0 Å². The number of pyridine rings is 1. The van der Waals surface area contributed by atoms with Gasteiger partial charge in [-0.1, -0.05) is 6.92 Å². The molecule has 4 nitrogen and oxygen atoms in total. The lowest BCUT2D eigenvalue weighted by atomic mass is 9.76. The Bertz CT molecular complexity index is 506. The molecule has 17 heavy (non-hydrogen) atoms. The van der Waals surface area contributed by atoms with Gasteiger partial charge in [-0.3, -0.25) is 0 Å². The standard InChI is InChI=1S/C11H15FN2O2S/c1-2-11(6-4-7-11)14-17(15,16)10-9(12)5-3-8-13-10/h3,5,8,14H,2,4,6-7H2,1H3. The number of halogens is 1. The van der Waals surface area contributed by atoms with Gasteiger partial charge in [-0.05, 0) is 37.8 Å². The minimum atomic E-state index is -3.86. The van der Waals surface area contributed by atoms with Gasteiger partial charge in [0.2, 0.25) is 5.03 Å². The van der Waals surface area contributed by atoms with Crippen molar-refractivity contribution in [1.29, 1.82) is 0 Å². The van der Waals surface area contributed by atoms with Crippen LogP contribution in [-0.4, -0.2) is 18.9 Å². The Hall–Kier alpha value is -1.01. The highest BCUT2D eigenvalue weighted by Gasteiger charge is 2.40. The van der Waals surface area contributed by atoms with Crippen molar-refractivity contribution < 1.29 is 12.8 Å². The smallest absolute Gasteiger partial charge is 0.241 e. The fraction of sp³-hybridized carbons (Fsp3) is 0.545. The maximum absolute atomic E-state index is 13.4. The molecule has 1 aliphatic carbocycles. The zero-order valence-corrected chi connectivity index (χ0v) is 10.4. The van der Waals surface area contributed by atoms with Crippen LogP contribution in [-0.2, 0) is 10.0 Å². The van der Waals surface area contributed by atoms with E-state index >= 15 is 0 Å². The minimum absolute atomic E-state index is 0.400. The molecular weight excluding hydrogens is 243 g/mol. The molecule has 0 atom stereocenters. The molecule has 0 amide bonds. The van der Waals surface area contributed by atoms with Crippen LogP contribution in [0, 0.1) is 5.82 Å². The quantitative estimate of drug-likeness (QED) is 0.896. The molecule has 0 bridgehead atoms. The molecule has 0 radical (unpaired) electrons. The van der Waals surface area contributed by atoms with Gasteiger partial charge in [-0.25, -0.2) is 22.5 Å². The fourth-order valence-corrected chi connectivity index (χ4v) is 3.57. The van der Waals surface area contributed by atoms with E-state index < -0.39 is 26.4 Å². The normalized spacial score (nSPS) is 18.7. The van der Waals surface area contributed by atoms with Gasteiger partial charge in [0.15, 0.2) is 5.82 Å². The first-order valence-corrected chi connectivity index (χ1v) is 7.12. The third kappa shape index (κ3) is 2.32. The maximum atomic E-state index is 13.4. The van der Waals surface area contributed by atoms with Crippen molar-refractivity contribution >= 4 is 10.0 Å². The van der Waals surface area contributed by atoms with Crippen molar-refractivity contribution in [2.24, 2.45) is 0 Å². The second-order valence-corrected chi connectivity index (χ2v) is 5.98. The molecule has 2 rings (SSSR count). The van der Waals surface area contributed by atoms with Gasteiger partial charge in [-0.15, -0.1) is 0 Å². The lowest BCUT2D eigenvalue weighted by Crippen LogP contribution is -2.53. The Morgan fingerprint density at radius 2 is 2.24 bits per heavy atom. The number of hydrogen-bond acceptors (Lipinski definition) is 3. The molecule has 1 aromatic heterocycles. The molecule has 1 heterocycles. The van der Waals surface area contributed by atoms with Gasteiger partial charge >= 0.3 is 0 Å². The summed E-state index contributed by atoms with van der Waals surface area (Å²) < 4.78 is 40.0. The Kier molecular flexibility index (Phi) is 3.18. The van der Waals surface area contributed by atoms with E-state index in [1.165, 1.54) is 12.3 Å². The first-order chi connectivity index (χ1) is 7.99. The topological polar surface area (TPSA) is 59.1 Å². The van der Waals surface area contributed by atoms with Crippen LogP contribution in [0.4, 0.5) is 4.39 Å². The molecule has 1 saturated carbocycles. The summed E-state index contributed by atoms with van der Waals surface area (Å²) in [4.78, 5) is 3.60. The molecule has 94 valence electrons. The third-order valence-corrected chi connectivity index (χ3v) is 4.83. The van der Waals surface area contributed by atoms with Crippen molar-refractivity contribution in [3.05, 3.63) is 24.1 Å².